The monoisotopic (exact) mass is 462 g/mol. The number of benzene rings is 2. The number of methoxy groups -OCH3 is 2. The lowest BCUT2D eigenvalue weighted by Gasteiger charge is -2.27. The molecule has 0 radical (unpaired) electrons. The average molecular weight is 463 g/mol. The zero-order chi connectivity index (χ0) is 24.2. The lowest BCUT2D eigenvalue weighted by Crippen LogP contribution is -2.38. The number of piperidine rings is 1. The highest BCUT2D eigenvalue weighted by Gasteiger charge is 2.29. The number of aromatic nitrogens is 1. The third kappa shape index (κ3) is 4.67. The Bertz CT molecular complexity index is 1200. The molecule has 2 unspecified atom stereocenters. The number of hydrogen-bond donors (Lipinski definition) is 1. The Labute approximate surface area is 201 Å². The van der Waals surface area contributed by atoms with Gasteiger partial charge in [-0.3, -0.25) is 4.79 Å². The third-order valence-electron chi connectivity index (χ3n) is 7.00. The van der Waals surface area contributed by atoms with Crippen molar-refractivity contribution < 1.29 is 19.1 Å². The van der Waals surface area contributed by atoms with Crippen LogP contribution in [-0.2, 0) is 22.5 Å². The molecule has 2 atom stereocenters. The van der Waals surface area contributed by atoms with E-state index in [1.807, 2.05) is 6.07 Å². The quantitative estimate of drug-likeness (QED) is 0.475. The Kier molecular flexibility index (Phi) is 7.25. The van der Waals surface area contributed by atoms with Crippen LogP contribution in [0.3, 0.4) is 0 Å². The first-order chi connectivity index (χ1) is 16.5. The van der Waals surface area contributed by atoms with E-state index in [0.717, 1.165) is 37.9 Å². The van der Waals surface area contributed by atoms with Gasteiger partial charge in [0.15, 0.2) is 0 Å². The molecule has 180 valence electrons. The van der Waals surface area contributed by atoms with Crippen LogP contribution in [0.15, 0.2) is 42.6 Å². The van der Waals surface area contributed by atoms with E-state index in [2.05, 4.69) is 48.1 Å². The first kappa shape index (κ1) is 23.9. The number of fused-ring (bicyclic) bond motifs is 1. The molecule has 3 aromatic rings. The molecule has 2 heterocycles. The molecular weight excluding hydrogens is 428 g/mol. The van der Waals surface area contributed by atoms with Gasteiger partial charge in [-0.25, -0.2) is 4.79 Å². The fourth-order valence-corrected chi connectivity index (χ4v) is 5.08. The smallest absolute Gasteiger partial charge is 0.337 e. The maximum absolute atomic E-state index is 12.5. The molecule has 0 spiro atoms. The molecule has 1 N–H and O–H groups in total. The van der Waals surface area contributed by atoms with Gasteiger partial charge in [-0.05, 0) is 66.1 Å². The first-order valence-corrected chi connectivity index (χ1v) is 12.1. The van der Waals surface area contributed by atoms with Gasteiger partial charge in [-0.2, -0.15) is 0 Å². The van der Waals surface area contributed by atoms with E-state index in [-0.39, 0.29) is 23.7 Å². The maximum Gasteiger partial charge on any atom is 0.337 e. The second kappa shape index (κ2) is 10.3. The molecule has 4 rings (SSSR count). The van der Waals surface area contributed by atoms with E-state index >= 15 is 0 Å². The van der Waals surface area contributed by atoms with Crippen molar-refractivity contribution in [2.24, 2.45) is 5.92 Å². The molecule has 1 saturated heterocycles. The fraction of sp³-hybridized carbons (Fsp3) is 0.429. The van der Waals surface area contributed by atoms with E-state index in [1.165, 1.54) is 29.1 Å². The minimum atomic E-state index is -0.380. The van der Waals surface area contributed by atoms with Crippen molar-refractivity contribution in [3.05, 3.63) is 64.8 Å². The van der Waals surface area contributed by atoms with Gasteiger partial charge in [0.1, 0.15) is 5.75 Å². The van der Waals surface area contributed by atoms with Crippen LogP contribution in [0.4, 0.5) is 0 Å². The van der Waals surface area contributed by atoms with Gasteiger partial charge in [0, 0.05) is 42.5 Å². The average Bonchev–Trinajstić information content (AvgIpc) is 3.20. The van der Waals surface area contributed by atoms with Crippen molar-refractivity contribution in [3.63, 3.8) is 0 Å². The number of aryl methyl sites for hydroxylation is 1. The fourth-order valence-electron chi connectivity index (χ4n) is 5.08. The summed E-state index contributed by atoms with van der Waals surface area (Å²) in [6.45, 7) is 6.06. The van der Waals surface area contributed by atoms with Crippen LogP contribution in [-0.4, -0.2) is 37.2 Å². The normalized spacial score (nSPS) is 16.8. The molecular formula is C28H34N2O4. The molecule has 2 aromatic carbocycles. The second-order valence-corrected chi connectivity index (χ2v) is 9.15. The van der Waals surface area contributed by atoms with Gasteiger partial charge < -0.3 is 19.4 Å². The van der Waals surface area contributed by atoms with Crippen LogP contribution >= 0.6 is 0 Å². The number of rotatable bonds is 8. The highest BCUT2D eigenvalue weighted by atomic mass is 16.5. The number of nitrogens with zero attached hydrogens (tertiary/aromatic N) is 1. The molecule has 1 aliphatic rings. The van der Waals surface area contributed by atoms with Crippen molar-refractivity contribution >= 4 is 22.8 Å². The Balaban J connectivity index is 1.72. The summed E-state index contributed by atoms with van der Waals surface area (Å²) in [5.41, 5.74) is 5.08. The van der Waals surface area contributed by atoms with Gasteiger partial charge in [-0.15, -0.1) is 0 Å². The predicted octanol–water partition coefficient (Wildman–Crippen LogP) is 5.07. The first-order valence-electron chi connectivity index (χ1n) is 12.1. The van der Waals surface area contributed by atoms with E-state index < -0.39 is 0 Å². The maximum atomic E-state index is 12.5. The molecule has 34 heavy (non-hydrogen) atoms. The number of hydrogen-bond acceptors (Lipinski definition) is 4. The van der Waals surface area contributed by atoms with Crippen LogP contribution in [0.5, 0.6) is 5.75 Å². The molecule has 0 aliphatic carbocycles. The highest BCUT2D eigenvalue weighted by Crippen LogP contribution is 2.34. The van der Waals surface area contributed by atoms with Crippen LogP contribution < -0.4 is 10.1 Å². The Morgan fingerprint density at radius 2 is 2.00 bits per heavy atom. The SMILES string of the molecule is CCCn1cc(Cc2ccc(C(=O)OC)cc2OC)c2cc(C(C)C3CCCNC3=O)ccc21. The Hall–Kier alpha value is -3.28. The van der Waals surface area contributed by atoms with Gasteiger partial charge in [0.05, 0.1) is 19.8 Å². The van der Waals surface area contributed by atoms with Crippen molar-refractivity contribution in [2.45, 2.75) is 52.0 Å². The summed E-state index contributed by atoms with van der Waals surface area (Å²) in [6.07, 6.45) is 5.91. The van der Waals surface area contributed by atoms with Gasteiger partial charge in [0.2, 0.25) is 5.91 Å². The molecule has 1 amide bonds. The molecule has 0 bridgehead atoms. The summed E-state index contributed by atoms with van der Waals surface area (Å²) in [7, 11) is 3.00. The number of nitrogens with one attached hydrogen (secondary N) is 1. The summed E-state index contributed by atoms with van der Waals surface area (Å²) in [5.74, 6) is 0.620. The molecule has 1 aliphatic heterocycles. The van der Waals surface area contributed by atoms with Gasteiger partial charge >= 0.3 is 5.97 Å². The molecule has 1 fully saturated rings. The highest BCUT2D eigenvalue weighted by molar-refractivity contribution is 5.90. The van der Waals surface area contributed by atoms with Crippen LogP contribution in [0.25, 0.3) is 10.9 Å². The summed E-state index contributed by atoms with van der Waals surface area (Å²) in [4.78, 5) is 24.4. The minimum Gasteiger partial charge on any atom is -0.496 e. The summed E-state index contributed by atoms with van der Waals surface area (Å²) in [6, 6.07) is 12.1. The van der Waals surface area contributed by atoms with E-state index in [0.29, 0.717) is 17.7 Å². The minimum absolute atomic E-state index is 0.0123. The van der Waals surface area contributed by atoms with Crippen molar-refractivity contribution in [1.82, 2.24) is 9.88 Å². The van der Waals surface area contributed by atoms with Gasteiger partial charge in [0.25, 0.3) is 0 Å². The molecule has 6 heteroatoms. The van der Waals surface area contributed by atoms with E-state index in [9.17, 15) is 9.59 Å². The predicted molar refractivity (Wildman–Crippen MR) is 134 cm³/mol. The summed E-state index contributed by atoms with van der Waals surface area (Å²) in [5, 5.41) is 4.23. The van der Waals surface area contributed by atoms with Crippen LogP contribution in [0.1, 0.15) is 66.1 Å². The molecule has 6 nitrogen and oxygen atoms in total. The third-order valence-corrected chi connectivity index (χ3v) is 7.00. The largest absolute Gasteiger partial charge is 0.496 e. The van der Waals surface area contributed by atoms with Crippen LogP contribution in [0.2, 0.25) is 0 Å². The second-order valence-electron chi connectivity index (χ2n) is 9.15. The van der Waals surface area contributed by atoms with Gasteiger partial charge in [-0.1, -0.05) is 26.0 Å². The Morgan fingerprint density at radius 3 is 2.71 bits per heavy atom. The molecule has 1 aromatic heterocycles. The summed E-state index contributed by atoms with van der Waals surface area (Å²) < 4.78 is 12.8. The van der Waals surface area contributed by atoms with E-state index in [4.69, 9.17) is 9.47 Å². The van der Waals surface area contributed by atoms with E-state index in [1.54, 1.807) is 19.2 Å². The van der Waals surface area contributed by atoms with Crippen molar-refractivity contribution in [2.75, 3.05) is 20.8 Å². The van der Waals surface area contributed by atoms with Crippen molar-refractivity contribution in [1.29, 1.82) is 0 Å². The lowest BCUT2D eigenvalue weighted by molar-refractivity contribution is -0.127. The number of carbonyl (C=O) groups is 2. The number of amides is 1. The van der Waals surface area contributed by atoms with Crippen molar-refractivity contribution in [3.8, 4) is 5.75 Å². The number of esters is 1. The molecule has 0 saturated carbocycles. The van der Waals surface area contributed by atoms with Crippen LogP contribution in [0, 0.1) is 5.92 Å². The lowest BCUT2D eigenvalue weighted by atomic mass is 9.82. The Morgan fingerprint density at radius 1 is 1.18 bits per heavy atom. The summed E-state index contributed by atoms with van der Waals surface area (Å²) >= 11 is 0. The zero-order valence-corrected chi connectivity index (χ0v) is 20.5. The number of carbonyl (C=O) groups excluding carboxylic acids is 2. The standard InChI is InChI=1S/C28H34N2O4/c1-5-13-30-17-22(14-20-8-9-21(28(32)34-4)16-26(20)33-3)24-15-19(10-11-25(24)30)18(2)23-7-6-12-29-27(23)31/h8-11,15-18,23H,5-7,12-14H2,1-4H3,(H,29,31). The zero-order valence-electron chi connectivity index (χ0n) is 20.5. The number of ether oxygens (including phenoxy) is 2. The topological polar surface area (TPSA) is 69.6 Å².